The van der Waals surface area contributed by atoms with Gasteiger partial charge in [0.05, 0.1) is 19.9 Å². The Morgan fingerprint density at radius 2 is 1.86 bits per heavy atom. The summed E-state index contributed by atoms with van der Waals surface area (Å²) in [4.78, 5) is 10.2. The molecule has 110 valence electrons. The van der Waals surface area contributed by atoms with Gasteiger partial charge in [-0.15, -0.1) is 0 Å². The van der Waals surface area contributed by atoms with Gasteiger partial charge in [-0.25, -0.2) is 4.39 Å². The van der Waals surface area contributed by atoms with Crippen LogP contribution in [0.2, 0.25) is 0 Å². The SMILES string of the molecule is O=[N+]([O-])c1cc(F)ccc1NCc1cc(Br)c(O)c(Br)c1. The molecule has 0 spiro atoms. The van der Waals surface area contributed by atoms with Gasteiger partial charge >= 0.3 is 0 Å². The van der Waals surface area contributed by atoms with Crippen LogP contribution < -0.4 is 5.32 Å². The lowest BCUT2D eigenvalue weighted by molar-refractivity contribution is -0.384. The van der Waals surface area contributed by atoms with Crippen LogP contribution >= 0.6 is 31.9 Å². The van der Waals surface area contributed by atoms with E-state index in [0.717, 1.165) is 17.7 Å². The third-order valence-electron chi connectivity index (χ3n) is 2.72. The van der Waals surface area contributed by atoms with E-state index in [2.05, 4.69) is 37.2 Å². The van der Waals surface area contributed by atoms with Crippen LogP contribution in [0, 0.1) is 15.9 Å². The van der Waals surface area contributed by atoms with Crippen molar-refractivity contribution in [2.75, 3.05) is 5.32 Å². The molecule has 0 amide bonds. The predicted molar refractivity (Wildman–Crippen MR) is 83.9 cm³/mol. The van der Waals surface area contributed by atoms with Crippen molar-refractivity contribution in [3.05, 3.63) is 60.8 Å². The van der Waals surface area contributed by atoms with E-state index in [1.54, 1.807) is 12.1 Å². The number of nitrogens with one attached hydrogen (secondary N) is 1. The molecule has 0 aliphatic rings. The van der Waals surface area contributed by atoms with E-state index in [4.69, 9.17) is 0 Å². The van der Waals surface area contributed by atoms with Crippen LogP contribution in [-0.4, -0.2) is 10.0 Å². The fourth-order valence-electron chi connectivity index (χ4n) is 1.72. The van der Waals surface area contributed by atoms with E-state index in [1.165, 1.54) is 6.07 Å². The van der Waals surface area contributed by atoms with E-state index in [1.807, 2.05) is 0 Å². The number of nitro benzene ring substituents is 1. The summed E-state index contributed by atoms with van der Waals surface area (Å²) in [5.41, 5.74) is 0.679. The van der Waals surface area contributed by atoms with Gasteiger partial charge in [-0.1, -0.05) is 0 Å². The molecule has 0 aromatic heterocycles. The molecule has 0 unspecified atom stereocenters. The van der Waals surface area contributed by atoms with Gasteiger partial charge in [-0.05, 0) is 61.7 Å². The summed E-state index contributed by atoms with van der Waals surface area (Å²) in [5.74, 6) is -0.589. The molecule has 0 saturated heterocycles. The van der Waals surface area contributed by atoms with Crippen LogP contribution in [0.5, 0.6) is 5.75 Å². The highest BCUT2D eigenvalue weighted by atomic mass is 79.9. The number of hydrogen-bond acceptors (Lipinski definition) is 4. The van der Waals surface area contributed by atoms with Crippen molar-refractivity contribution in [3.8, 4) is 5.75 Å². The lowest BCUT2D eigenvalue weighted by Gasteiger charge is -2.09. The van der Waals surface area contributed by atoms with Gasteiger partial charge in [0.25, 0.3) is 5.69 Å². The Bertz CT molecular complexity index is 687. The largest absolute Gasteiger partial charge is 0.506 e. The van der Waals surface area contributed by atoms with E-state index >= 15 is 0 Å². The quantitative estimate of drug-likeness (QED) is 0.561. The summed E-state index contributed by atoms with van der Waals surface area (Å²) >= 11 is 6.41. The Hall–Kier alpha value is -1.67. The van der Waals surface area contributed by atoms with Crippen molar-refractivity contribution in [3.63, 3.8) is 0 Å². The minimum atomic E-state index is -0.664. The first-order valence-corrected chi connectivity index (χ1v) is 7.32. The van der Waals surface area contributed by atoms with Crippen molar-refractivity contribution in [2.24, 2.45) is 0 Å². The molecule has 0 saturated carbocycles. The molecule has 2 N–H and O–H groups in total. The number of hydrogen-bond donors (Lipinski definition) is 2. The number of nitrogens with zero attached hydrogens (tertiary/aromatic N) is 1. The predicted octanol–water partition coefficient (Wildman–Crippen LogP) is 4.58. The highest BCUT2D eigenvalue weighted by Gasteiger charge is 2.15. The fourth-order valence-corrected chi connectivity index (χ4v) is 3.00. The van der Waals surface area contributed by atoms with E-state index in [0.29, 0.717) is 8.95 Å². The molecule has 0 radical (unpaired) electrons. The molecule has 0 aliphatic heterocycles. The minimum absolute atomic E-state index is 0.0755. The van der Waals surface area contributed by atoms with Crippen LogP contribution in [0.3, 0.4) is 0 Å². The molecular weight excluding hydrogens is 411 g/mol. The van der Waals surface area contributed by atoms with Crippen LogP contribution in [-0.2, 0) is 6.54 Å². The van der Waals surface area contributed by atoms with Gasteiger partial charge in [0, 0.05) is 6.54 Å². The fraction of sp³-hybridized carbons (Fsp3) is 0.0769. The van der Waals surface area contributed by atoms with Gasteiger partial charge in [0.2, 0.25) is 0 Å². The summed E-state index contributed by atoms with van der Waals surface area (Å²) in [7, 11) is 0. The number of aromatic hydroxyl groups is 1. The highest BCUT2D eigenvalue weighted by molar-refractivity contribution is 9.11. The monoisotopic (exact) mass is 418 g/mol. The summed E-state index contributed by atoms with van der Waals surface area (Å²) in [6, 6.07) is 6.70. The Balaban J connectivity index is 2.22. The van der Waals surface area contributed by atoms with Gasteiger partial charge in [-0.3, -0.25) is 10.1 Å². The highest BCUT2D eigenvalue weighted by Crippen LogP contribution is 2.34. The van der Waals surface area contributed by atoms with E-state index < -0.39 is 10.7 Å². The summed E-state index contributed by atoms with van der Waals surface area (Å²) in [5, 5.41) is 23.4. The van der Waals surface area contributed by atoms with Gasteiger partial charge in [0.15, 0.2) is 0 Å². The lowest BCUT2D eigenvalue weighted by Crippen LogP contribution is -2.03. The second kappa shape index (κ2) is 6.40. The molecule has 2 rings (SSSR count). The first kappa shape index (κ1) is 15.7. The Labute approximate surface area is 136 Å². The first-order chi connectivity index (χ1) is 9.88. The third-order valence-corrected chi connectivity index (χ3v) is 3.93. The standard InChI is InChI=1S/C13H9Br2FN2O3/c14-9-3-7(4-10(15)13(9)19)6-17-11-2-1-8(16)5-12(11)18(20)21/h1-5,17,19H,6H2. The van der Waals surface area contributed by atoms with Gasteiger partial charge < -0.3 is 10.4 Å². The molecule has 0 aliphatic carbocycles. The van der Waals surface area contributed by atoms with Crippen LogP contribution in [0.1, 0.15) is 5.56 Å². The van der Waals surface area contributed by atoms with Gasteiger partial charge in [0.1, 0.15) is 17.3 Å². The zero-order chi connectivity index (χ0) is 15.6. The maximum Gasteiger partial charge on any atom is 0.295 e. The molecular formula is C13H9Br2FN2O3. The molecule has 2 aromatic rings. The number of benzene rings is 2. The molecule has 2 aromatic carbocycles. The average Bonchev–Trinajstić information content (AvgIpc) is 2.43. The van der Waals surface area contributed by atoms with Crippen molar-refractivity contribution in [2.45, 2.75) is 6.54 Å². The number of halogens is 3. The van der Waals surface area contributed by atoms with Crippen molar-refractivity contribution >= 4 is 43.2 Å². The summed E-state index contributed by atoms with van der Waals surface area (Å²) < 4.78 is 14.1. The van der Waals surface area contributed by atoms with Crippen LogP contribution in [0.15, 0.2) is 39.3 Å². The zero-order valence-electron chi connectivity index (χ0n) is 10.4. The normalized spacial score (nSPS) is 10.4. The van der Waals surface area contributed by atoms with Gasteiger partial charge in [-0.2, -0.15) is 0 Å². The number of phenolic OH excluding ortho intramolecular Hbond substituents is 1. The molecule has 8 heteroatoms. The van der Waals surface area contributed by atoms with E-state index in [9.17, 15) is 19.6 Å². The lowest BCUT2D eigenvalue weighted by atomic mass is 10.2. The molecule has 0 fully saturated rings. The van der Waals surface area contributed by atoms with Crippen molar-refractivity contribution in [1.82, 2.24) is 0 Å². The van der Waals surface area contributed by atoms with Crippen molar-refractivity contribution in [1.29, 1.82) is 0 Å². The van der Waals surface area contributed by atoms with Crippen LogP contribution in [0.25, 0.3) is 0 Å². The third kappa shape index (κ3) is 3.70. The van der Waals surface area contributed by atoms with Crippen molar-refractivity contribution < 1.29 is 14.4 Å². The molecule has 5 nitrogen and oxygen atoms in total. The Morgan fingerprint density at radius 3 is 2.43 bits per heavy atom. The average molecular weight is 420 g/mol. The smallest absolute Gasteiger partial charge is 0.295 e. The number of phenols is 1. The second-order valence-corrected chi connectivity index (χ2v) is 5.89. The van der Waals surface area contributed by atoms with Crippen LogP contribution in [0.4, 0.5) is 15.8 Å². The number of nitro groups is 1. The zero-order valence-corrected chi connectivity index (χ0v) is 13.6. The minimum Gasteiger partial charge on any atom is -0.506 e. The maximum absolute atomic E-state index is 13.0. The molecule has 21 heavy (non-hydrogen) atoms. The summed E-state index contributed by atoms with van der Waals surface area (Å²) in [6.07, 6.45) is 0. The summed E-state index contributed by atoms with van der Waals surface area (Å²) in [6.45, 7) is 0.282. The first-order valence-electron chi connectivity index (χ1n) is 5.73. The number of anilines is 1. The Morgan fingerprint density at radius 1 is 1.24 bits per heavy atom. The molecule has 0 heterocycles. The molecule has 0 atom stereocenters. The maximum atomic E-state index is 13.0. The molecule has 0 bridgehead atoms. The second-order valence-electron chi connectivity index (χ2n) is 4.18. The van der Waals surface area contributed by atoms with E-state index in [-0.39, 0.29) is 23.7 Å². The number of rotatable bonds is 4. The topological polar surface area (TPSA) is 75.4 Å². The Kier molecular flexibility index (Phi) is 4.79.